The Labute approximate surface area is 113 Å². The third kappa shape index (κ3) is 3.05. The van der Waals surface area contributed by atoms with Crippen LogP contribution in [-0.2, 0) is 0 Å². The molecule has 0 bridgehead atoms. The zero-order valence-electron chi connectivity index (χ0n) is 10.9. The Kier molecular flexibility index (Phi) is 4.27. The summed E-state index contributed by atoms with van der Waals surface area (Å²) in [7, 11) is 1.60. The second-order valence-corrected chi connectivity index (χ2v) is 5.43. The normalized spacial score (nSPS) is 27.8. The predicted octanol–water partition coefficient (Wildman–Crippen LogP) is 3.08. The molecule has 0 amide bonds. The van der Waals surface area contributed by atoms with Crippen molar-refractivity contribution in [3.05, 3.63) is 12.4 Å². The molecule has 1 aliphatic carbocycles. The minimum absolute atomic E-state index is 0.0343. The number of halogens is 1. The summed E-state index contributed by atoms with van der Waals surface area (Å²) in [6.45, 7) is 2.30. The molecule has 0 saturated heterocycles. The maximum atomic E-state index is 6.17. The van der Waals surface area contributed by atoms with Crippen LogP contribution in [0, 0.1) is 5.92 Å². The first-order valence-electron chi connectivity index (χ1n) is 6.38. The van der Waals surface area contributed by atoms with Crippen LogP contribution < -0.4 is 10.1 Å². The molecule has 2 rings (SSSR count). The molecule has 1 fully saturated rings. The fourth-order valence-corrected chi connectivity index (χ4v) is 2.73. The summed E-state index contributed by atoms with van der Waals surface area (Å²) >= 11 is 6.17. The number of aromatic nitrogens is 2. The van der Waals surface area contributed by atoms with Crippen molar-refractivity contribution in [1.29, 1.82) is 0 Å². The van der Waals surface area contributed by atoms with Crippen LogP contribution in [0.25, 0.3) is 0 Å². The van der Waals surface area contributed by atoms with Gasteiger partial charge in [0.1, 0.15) is 12.1 Å². The molecule has 1 N–H and O–H groups in total. The van der Waals surface area contributed by atoms with Crippen LogP contribution in [-0.4, -0.2) is 28.5 Å². The molecular formula is C13H20ClN3O. The molecule has 0 spiro atoms. The Balaban J connectivity index is 2.09. The number of alkyl halides is 1. The van der Waals surface area contributed by atoms with Gasteiger partial charge in [-0.1, -0.05) is 6.92 Å². The highest BCUT2D eigenvalue weighted by Crippen LogP contribution is 2.35. The number of rotatable bonds is 4. The van der Waals surface area contributed by atoms with E-state index < -0.39 is 0 Å². The quantitative estimate of drug-likeness (QED) is 0.854. The van der Waals surface area contributed by atoms with Crippen molar-refractivity contribution >= 4 is 17.4 Å². The van der Waals surface area contributed by atoms with Gasteiger partial charge in [0, 0.05) is 11.9 Å². The highest BCUT2D eigenvalue weighted by molar-refractivity contribution is 6.18. The first-order valence-corrected chi connectivity index (χ1v) is 6.91. The standard InChI is InChI=1S/C13H20ClN3O/c1-10-3-5-13(8-14,6-4-10)17-11-7-12(18-2)16-9-15-11/h7,9-10H,3-6,8H2,1-2H3,(H,15,16,17). The van der Waals surface area contributed by atoms with Gasteiger partial charge >= 0.3 is 0 Å². The SMILES string of the molecule is COc1cc(NC2(CCl)CCC(C)CC2)ncn1. The Bertz CT molecular complexity index is 392. The molecule has 18 heavy (non-hydrogen) atoms. The monoisotopic (exact) mass is 269 g/mol. The van der Waals surface area contributed by atoms with Crippen molar-refractivity contribution < 1.29 is 4.74 Å². The fraction of sp³-hybridized carbons (Fsp3) is 0.692. The van der Waals surface area contributed by atoms with Gasteiger partial charge in [0.15, 0.2) is 0 Å². The number of hydrogen-bond acceptors (Lipinski definition) is 4. The molecule has 4 nitrogen and oxygen atoms in total. The molecule has 0 aliphatic heterocycles. The van der Waals surface area contributed by atoms with Crippen LogP contribution >= 0.6 is 11.6 Å². The number of anilines is 1. The fourth-order valence-electron chi connectivity index (χ4n) is 2.40. The van der Waals surface area contributed by atoms with Gasteiger partial charge in [0.05, 0.1) is 12.6 Å². The molecular weight excluding hydrogens is 250 g/mol. The van der Waals surface area contributed by atoms with E-state index in [-0.39, 0.29) is 5.54 Å². The molecule has 1 aromatic rings. The number of nitrogens with zero attached hydrogens (tertiary/aromatic N) is 2. The van der Waals surface area contributed by atoms with E-state index in [0.29, 0.717) is 11.8 Å². The molecule has 0 unspecified atom stereocenters. The lowest BCUT2D eigenvalue weighted by Crippen LogP contribution is -2.43. The number of nitrogens with one attached hydrogen (secondary N) is 1. The van der Waals surface area contributed by atoms with Crippen LogP contribution in [0.15, 0.2) is 12.4 Å². The Morgan fingerprint density at radius 2 is 2.17 bits per heavy atom. The van der Waals surface area contributed by atoms with Gasteiger partial charge in [-0.3, -0.25) is 0 Å². The van der Waals surface area contributed by atoms with Crippen molar-refractivity contribution in [2.24, 2.45) is 5.92 Å². The molecule has 1 aromatic heterocycles. The first-order chi connectivity index (χ1) is 8.67. The van der Waals surface area contributed by atoms with Crippen LogP contribution in [0.5, 0.6) is 5.88 Å². The smallest absolute Gasteiger partial charge is 0.218 e. The lowest BCUT2D eigenvalue weighted by molar-refractivity contribution is 0.286. The van der Waals surface area contributed by atoms with E-state index in [1.165, 1.54) is 19.2 Å². The number of ether oxygens (including phenoxy) is 1. The number of hydrogen-bond donors (Lipinski definition) is 1. The maximum absolute atomic E-state index is 6.17. The summed E-state index contributed by atoms with van der Waals surface area (Å²) in [5, 5.41) is 3.48. The summed E-state index contributed by atoms with van der Waals surface area (Å²) in [5.74, 6) is 2.76. The van der Waals surface area contributed by atoms with E-state index >= 15 is 0 Å². The summed E-state index contributed by atoms with van der Waals surface area (Å²) in [5.41, 5.74) is -0.0343. The minimum atomic E-state index is -0.0343. The predicted molar refractivity (Wildman–Crippen MR) is 73.3 cm³/mol. The highest BCUT2D eigenvalue weighted by atomic mass is 35.5. The van der Waals surface area contributed by atoms with E-state index in [1.807, 2.05) is 6.07 Å². The van der Waals surface area contributed by atoms with Gasteiger partial charge in [0.25, 0.3) is 0 Å². The molecule has 5 heteroatoms. The van der Waals surface area contributed by atoms with Crippen molar-refractivity contribution in [3.63, 3.8) is 0 Å². The van der Waals surface area contributed by atoms with E-state index in [0.717, 1.165) is 24.6 Å². The van der Waals surface area contributed by atoms with Gasteiger partial charge in [-0.15, -0.1) is 11.6 Å². The second kappa shape index (κ2) is 5.74. The largest absolute Gasteiger partial charge is 0.481 e. The minimum Gasteiger partial charge on any atom is -0.481 e. The summed E-state index contributed by atoms with van der Waals surface area (Å²) < 4.78 is 5.10. The Hall–Kier alpha value is -1.03. The zero-order valence-corrected chi connectivity index (χ0v) is 11.7. The number of methoxy groups -OCH3 is 1. The van der Waals surface area contributed by atoms with Crippen molar-refractivity contribution in [2.75, 3.05) is 18.3 Å². The Morgan fingerprint density at radius 3 is 2.78 bits per heavy atom. The summed E-state index contributed by atoms with van der Waals surface area (Å²) in [6.07, 6.45) is 6.10. The van der Waals surface area contributed by atoms with Gasteiger partial charge in [-0.2, -0.15) is 0 Å². The van der Waals surface area contributed by atoms with Gasteiger partial charge in [0.2, 0.25) is 5.88 Å². The van der Waals surface area contributed by atoms with Gasteiger partial charge in [-0.25, -0.2) is 9.97 Å². The average Bonchev–Trinajstić information content (AvgIpc) is 2.42. The summed E-state index contributed by atoms with van der Waals surface area (Å²) in [6, 6.07) is 1.81. The van der Waals surface area contributed by atoms with Crippen LogP contribution in [0.3, 0.4) is 0 Å². The molecule has 100 valence electrons. The van der Waals surface area contributed by atoms with Crippen molar-refractivity contribution in [1.82, 2.24) is 9.97 Å². The molecule has 1 aliphatic rings. The van der Waals surface area contributed by atoms with Crippen molar-refractivity contribution in [3.8, 4) is 5.88 Å². The average molecular weight is 270 g/mol. The molecule has 1 heterocycles. The van der Waals surface area contributed by atoms with E-state index in [9.17, 15) is 0 Å². The highest BCUT2D eigenvalue weighted by Gasteiger charge is 2.33. The topological polar surface area (TPSA) is 47.0 Å². The van der Waals surface area contributed by atoms with Gasteiger partial charge < -0.3 is 10.1 Å². The first kappa shape index (κ1) is 13.4. The molecule has 0 atom stereocenters. The van der Waals surface area contributed by atoms with Crippen molar-refractivity contribution in [2.45, 2.75) is 38.1 Å². The summed E-state index contributed by atoms with van der Waals surface area (Å²) in [4.78, 5) is 8.24. The van der Waals surface area contributed by atoms with E-state index in [1.54, 1.807) is 7.11 Å². The van der Waals surface area contributed by atoms with Crippen LogP contribution in [0.2, 0.25) is 0 Å². The van der Waals surface area contributed by atoms with Crippen LogP contribution in [0.1, 0.15) is 32.6 Å². The lowest BCUT2D eigenvalue weighted by Gasteiger charge is -2.39. The maximum Gasteiger partial charge on any atom is 0.218 e. The third-order valence-corrected chi connectivity index (χ3v) is 4.24. The molecule has 0 radical (unpaired) electrons. The van der Waals surface area contributed by atoms with Gasteiger partial charge in [-0.05, 0) is 31.6 Å². The molecule has 0 aromatic carbocycles. The third-order valence-electron chi connectivity index (χ3n) is 3.73. The van der Waals surface area contributed by atoms with E-state index in [2.05, 4.69) is 22.2 Å². The lowest BCUT2D eigenvalue weighted by atomic mass is 9.78. The second-order valence-electron chi connectivity index (χ2n) is 5.17. The van der Waals surface area contributed by atoms with Crippen LogP contribution in [0.4, 0.5) is 5.82 Å². The Morgan fingerprint density at radius 1 is 1.44 bits per heavy atom. The van der Waals surface area contributed by atoms with E-state index in [4.69, 9.17) is 16.3 Å². The zero-order chi connectivity index (χ0) is 13.0. The molecule has 1 saturated carbocycles.